The third-order valence-electron chi connectivity index (χ3n) is 5.37. The van der Waals surface area contributed by atoms with E-state index >= 15 is 0 Å². The van der Waals surface area contributed by atoms with E-state index in [1.54, 1.807) is 0 Å². The van der Waals surface area contributed by atoms with Gasteiger partial charge in [0.1, 0.15) is 0 Å². The second-order valence-corrected chi connectivity index (χ2v) is 7.44. The number of aryl methyl sites for hydroxylation is 2. The minimum absolute atomic E-state index is 0.116. The predicted molar refractivity (Wildman–Crippen MR) is 110 cm³/mol. The quantitative estimate of drug-likeness (QED) is 0.687. The van der Waals surface area contributed by atoms with Crippen molar-refractivity contribution in [2.24, 2.45) is 0 Å². The van der Waals surface area contributed by atoms with Crippen LogP contribution < -0.4 is 0 Å². The molecule has 4 rings (SSSR count). The van der Waals surface area contributed by atoms with E-state index in [0.717, 1.165) is 61.9 Å². The van der Waals surface area contributed by atoms with Crippen LogP contribution in [0.15, 0.2) is 54.9 Å². The molecule has 2 aromatic heterocycles. The van der Waals surface area contributed by atoms with Crippen molar-refractivity contribution >= 4 is 5.91 Å². The molecule has 1 aliphatic heterocycles. The average molecular weight is 377 g/mol. The highest BCUT2D eigenvalue weighted by atomic mass is 16.2. The smallest absolute Gasteiger partial charge is 0.253 e. The van der Waals surface area contributed by atoms with Gasteiger partial charge in [0.2, 0.25) is 0 Å². The van der Waals surface area contributed by atoms with Gasteiger partial charge in [-0.1, -0.05) is 0 Å². The molecule has 146 valence electrons. The monoisotopic (exact) mass is 377 g/mol. The summed E-state index contributed by atoms with van der Waals surface area (Å²) in [4.78, 5) is 17.2. The summed E-state index contributed by atoms with van der Waals surface area (Å²) in [6.07, 6.45) is 4.19. The number of carbonyl (C=O) groups is 1. The van der Waals surface area contributed by atoms with Gasteiger partial charge in [-0.15, -0.1) is 0 Å². The number of nitrogens with zero attached hydrogens (tertiary/aromatic N) is 5. The van der Waals surface area contributed by atoms with Crippen LogP contribution in [-0.4, -0.2) is 62.8 Å². The molecule has 0 N–H and O–H groups in total. The minimum atomic E-state index is 0.116. The lowest BCUT2D eigenvalue weighted by atomic mass is 10.1. The number of amides is 1. The molecular formula is C22H27N5O. The molecule has 1 saturated heterocycles. The van der Waals surface area contributed by atoms with Crippen molar-refractivity contribution in [2.45, 2.75) is 20.4 Å². The summed E-state index contributed by atoms with van der Waals surface area (Å²) in [7, 11) is 0. The Bertz CT molecular complexity index is 919. The first kappa shape index (κ1) is 18.5. The Morgan fingerprint density at radius 3 is 2.25 bits per heavy atom. The zero-order valence-corrected chi connectivity index (χ0v) is 16.6. The summed E-state index contributed by atoms with van der Waals surface area (Å²) in [6.45, 7) is 9.46. The predicted octanol–water partition coefficient (Wildman–Crippen LogP) is 2.75. The van der Waals surface area contributed by atoms with E-state index < -0.39 is 0 Å². The summed E-state index contributed by atoms with van der Waals surface area (Å²) in [5.41, 5.74) is 3.81. The Hall–Kier alpha value is -2.86. The van der Waals surface area contributed by atoms with Crippen molar-refractivity contribution in [3.63, 3.8) is 0 Å². The molecule has 1 aromatic carbocycles. The molecule has 0 radical (unpaired) electrons. The molecule has 1 amide bonds. The van der Waals surface area contributed by atoms with Crippen LogP contribution in [0.2, 0.25) is 0 Å². The fourth-order valence-corrected chi connectivity index (χ4v) is 3.77. The fourth-order valence-electron chi connectivity index (χ4n) is 3.77. The molecule has 0 spiro atoms. The van der Waals surface area contributed by atoms with Crippen LogP contribution >= 0.6 is 0 Å². The lowest BCUT2D eigenvalue weighted by Gasteiger charge is -2.34. The highest BCUT2D eigenvalue weighted by molar-refractivity contribution is 5.94. The Labute approximate surface area is 166 Å². The summed E-state index contributed by atoms with van der Waals surface area (Å²) >= 11 is 0. The van der Waals surface area contributed by atoms with E-state index in [1.165, 1.54) is 0 Å². The third-order valence-corrected chi connectivity index (χ3v) is 5.37. The maximum absolute atomic E-state index is 12.9. The maximum Gasteiger partial charge on any atom is 0.253 e. The first-order valence-corrected chi connectivity index (χ1v) is 9.86. The van der Waals surface area contributed by atoms with Crippen molar-refractivity contribution in [1.82, 2.24) is 24.1 Å². The van der Waals surface area contributed by atoms with Crippen LogP contribution in [0.5, 0.6) is 0 Å². The van der Waals surface area contributed by atoms with Crippen LogP contribution in [-0.2, 0) is 6.54 Å². The van der Waals surface area contributed by atoms with E-state index in [2.05, 4.69) is 45.2 Å². The molecule has 0 unspecified atom stereocenters. The Balaban J connectivity index is 1.33. The van der Waals surface area contributed by atoms with Gasteiger partial charge in [0.25, 0.3) is 5.91 Å². The van der Waals surface area contributed by atoms with Crippen LogP contribution in [0.25, 0.3) is 5.69 Å². The van der Waals surface area contributed by atoms with Crippen molar-refractivity contribution < 1.29 is 4.79 Å². The maximum atomic E-state index is 12.9. The fraction of sp³-hybridized carbons (Fsp3) is 0.364. The van der Waals surface area contributed by atoms with E-state index in [9.17, 15) is 4.79 Å². The van der Waals surface area contributed by atoms with Gasteiger partial charge >= 0.3 is 0 Å². The van der Waals surface area contributed by atoms with Gasteiger partial charge in [-0.2, -0.15) is 5.10 Å². The summed E-state index contributed by atoms with van der Waals surface area (Å²) in [5, 5.41) is 4.50. The molecular weight excluding hydrogens is 350 g/mol. The second-order valence-electron chi connectivity index (χ2n) is 7.44. The van der Waals surface area contributed by atoms with Gasteiger partial charge < -0.3 is 9.47 Å². The number of benzene rings is 1. The lowest BCUT2D eigenvalue weighted by molar-refractivity contribution is 0.0633. The number of hydrogen-bond acceptors (Lipinski definition) is 3. The summed E-state index contributed by atoms with van der Waals surface area (Å²) < 4.78 is 4.11. The number of hydrogen-bond donors (Lipinski definition) is 0. The van der Waals surface area contributed by atoms with E-state index in [0.29, 0.717) is 0 Å². The SMILES string of the molecule is Cc1cc(C)n(-c2ccc(C(=O)N3CCN(CCn4cccc4)CC3)cc2)n1. The molecule has 0 bridgehead atoms. The first-order chi connectivity index (χ1) is 13.6. The van der Waals surface area contributed by atoms with Gasteiger partial charge in [0.05, 0.1) is 11.4 Å². The third kappa shape index (κ3) is 4.02. The summed E-state index contributed by atoms with van der Waals surface area (Å²) in [5.74, 6) is 0.116. The molecule has 6 heteroatoms. The Morgan fingerprint density at radius 2 is 1.64 bits per heavy atom. The number of rotatable bonds is 5. The topological polar surface area (TPSA) is 46.3 Å². The molecule has 3 aromatic rings. The normalized spacial score (nSPS) is 15.1. The van der Waals surface area contributed by atoms with Crippen LogP contribution in [0.3, 0.4) is 0 Å². The molecule has 0 aliphatic carbocycles. The van der Waals surface area contributed by atoms with Crippen LogP contribution in [0.1, 0.15) is 21.7 Å². The Morgan fingerprint density at radius 1 is 0.964 bits per heavy atom. The molecule has 1 aliphatic rings. The molecule has 0 saturated carbocycles. The van der Waals surface area contributed by atoms with Gasteiger partial charge in [-0.25, -0.2) is 4.68 Å². The zero-order valence-electron chi connectivity index (χ0n) is 16.6. The largest absolute Gasteiger partial charge is 0.353 e. The van der Waals surface area contributed by atoms with E-state index in [1.807, 2.05) is 47.7 Å². The van der Waals surface area contributed by atoms with Gasteiger partial charge in [-0.05, 0) is 56.3 Å². The van der Waals surface area contributed by atoms with Crippen molar-refractivity contribution in [2.75, 3.05) is 32.7 Å². The zero-order chi connectivity index (χ0) is 19.5. The van der Waals surface area contributed by atoms with E-state index in [-0.39, 0.29) is 5.91 Å². The second kappa shape index (κ2) is 8.02. The minimum Gasteiger partial charge on any atom is -0.353 e. The molecule has 6 nitrogen and oxygen atoms in total. The van der Waals surface area contributed by atoms with Gasteiger partial charge in [-0.3, -0.25) is 9.69 Å². The van der Waals surface area contributed by atoms with Crippen LogP contribution in [0.4, 0.5) is 0 Å². The standard InChI is InChI=1S/C22H27N5O/c1-18-17-19(2)27(23-18)21-7-5-20(6-8-21)22(28)26-15-13-25(14-16-26)12-11-24-9-3-4-10-24/h3-10,17H,11-16H2,1-2H3. The molecule has 3 heterocycles. The lowest BCUT2D eigenvalue weighted by Crippen LogP contribution is -2.49. The highest BCUT2D eigenvalue weighted by Gasteiger charge is 2.22. The first-order valence-electron chi connectivity index (χ1n) is 9.86. The van der Waals surface area contributed by atoms with Gasteiger partial charge in [0.15, 0.2) is 0 Å². The average Bonchev–Trinajstić information content (AvgIpc) is 3.35. The molecule has 1 fully saturated rings. The van der Waals surface area contributed by atoms with Crippen molar-refractivity contribution in [3.8, 4) is 5.69 Å². The molecule has 0 atom stereocenters. The number of piperazine rings is 1. The number of aromatic nitrogens is 3. The van der Waals surface area contributed by atoms with Gasteiger partial charge in [0, 0.05) is 62.9 Å². The summed E-state index contributed by atoms with van der Waals surface area (Å²) in [6, 6.07) is 13.9. The highest BCUT2D eigenvalue weighted by Crippen LogP contribution is 2.15. The van der Waals surface area contributed by atoms with E-state index in [4.69, 9.17) is 0 Å². The van der Waals surface area contributed by atoms with Crippen molar-refractivity contribution in [1.29, 1.82) is 0 Å². The van der Waals surface area contributed by atoms with Crippen LogP contribution in [0, 0.1) is 13.8 Å². The molecule has 28 heavy (non-hydrogen) atoms. The number of carbonyl (C=O) groups excluding carboxylic acids is 1. The Kier molecular flexibility index (Phi) is 5.30. The van der Waals surface area contributed by atoms with Crippen molar-refractivity contribution in [3.05, 3.63) is 71.8 Å².